The lowest BCUT2D eigenvalue weighted by molar-refractivity contribution is 0.0516. The monoisotopic (exact) mass is 566 g/mol. The number of methoxy groups -OCH3 is 1. The predicted octanol–water partition coefficient (Wildman–Crippen LogP) is 4.38. The van der Waals surface area contributed by atoms with Crippen LogP contribution in [0, 0.1) is 5.82 Å². The van der Waals surface area contributed by atoms with Gasteiger partial charge in [0.05, 0.1) is 26.8 Å². The maximum Gasteiger partial charge on any atom is 0.333 e. The molecular formula is C23H20ClFN4O6S2. The smallest absolute Gasteiger partial charge is 0.333 e. The minimum Gasteiger partial charge on any atom is -0.465 e. The summed E-state index contributed by atoms with van der Waals surface area (Å²) in [5.74, 6) is -0.478. The molecule has 0 radical (unpaired) electrons. The molecule has 0 unspecified atom stereocenters. The first-order chi connectivity index (χ1) is 17.6. The molecule has 2 aromatic heterocycles. The molecule has 2 heterocycles. The second-order valence-corrected chi connectivity index (χ2v) is 11.1. The molecule has 3 N–H and O–H groups in total. The van der Waals surface area contributed by atoms with Crippen LogP contribution < -0.4 is 25.7 Å². The molecule has 0 aliphatic heterocycles. The van der Waals surface area contributed by atoms with E-state index >= 15 is 0 Å². The normalized spacial score (nSPS) is 11.4. The van der Waals surface area contributed by atoms with Crippen molar-refractivity contribution in [3.63, 3.8) is 0 Å². The van der Waals surface area contributed by atoms with Crippen LogP contribution in [0.25, 0.3) is 16.5 Å². The highest BCUT2D eigenvalue weighted by Crippen LogP contribution is 2.29. The van der Waals surface area contributed by atoms with Gasteiger partial charge in [-0.25, -0.2) is 22.3 Å². The van der Waals surface area contributed by atoms with Crippen molar-refractivity contribution in [2.24, 2.45) is 0 Å². The molecule has 0 bridgehead atoms. The molecule has 0 spiro atoms. The van der Waals surface area contributed by atoms with Crippen LogP contribution in [0.3, 0.4) is 0 Å². The maximum atomic E-state index is 14.3. The number of pyridine rings is 1. The summed E-state index contributed by atoms with van der Waals surface area (Å²) in [6, 6.07) is 10.4. The molecule has 0 aliphatic carbocycles. The van der Waals surface area contributed by atoms with E-state index in [0.29, 0.717) is 11.1 Å². The molecule has 10 nitrogen and oxygen atoms in total. The van der Waals surface area contributed by atoms with Crippen LogP contribution in [0.1, 0.15) is 0 Å². The number of aromatic nitrogens is 1. The van der Waals surface area contributed by atoms with Crippen molar-refractivity contribution >= 4 is 61.1 Å². The van der Waals surface area contributed by atoms with Crippen molar-refractivity contribution in [1.82, 2.24) is 9.29 Å². The van der Waals surface area contributed by atoms with Gasteiger partial charge < -0.3 is 20.1 Å². The van der Waals surface area contributed by atoms with Crippen LogP contribution in [-0.2, 0) is 14.8 Å². The van der Waals surface area contributed by atoms with Crippen molar-refractivity contribution < 1.29 is 27.1 Å². The average molecular weight is 567 g/mol. The highest BCUT2D eigenvalue weighted by atomic mass is 35.5. The first kappa shape index (κ1) is 26.4. The van der Waals surface area contributed by atoms with Gasteiger partial charge in [0.25, 0.3) is 15.6 Å². The third-order valence-corrected chi connectivity index (χ3v) is 8.18. The van der Waals surface area contributed by atoms with E-state index in [1.165, 1.54) is 54.3 Å². The molecule has 0 fully saturated rings. The van der Waals surface area contributed by atoms with E-state index in [1.54, 1.807) is 13.1 Å². The van der Waals surface area contributed by atoms with Crippen molar-refractivity contribution in [3.8, 4) is 11.4 Å². The number of ether oxygens (including phenoxy) is 2. The molecule has 2 amide bonds. The molecule has 0 saturated heterocycles. The average Bonchev–Trinajstić information content (AvgIpc) is 3.31. The number of carbonyl (C=O) groups is 1. The first-order valence-corrected chi connectivity index (χ1v) is 13.2. The van der Waals surface area contributed by atoms with Gasteiger partial charge in [-0.05, 0) is 47.9 Å². The molecule has 0 atom stereocenters. The standard InChI is InChI=1S/C23H20ClFN4O6S2/c1-26-18-9-13-7-8-29(22(30)15(13)11-16(18)25)14-3-4-17(19(10-14)35-12-34-2)27-23(31)28-37(32,33)21-6-5-20(24)36-21/h3-11,26H,12H2,1-2H3,(H2,27,28,31). The SMILES string of the molecule is CNc1cc2ccn(-c3ccc(NC(=O)NS(=O)(=O)c4ccc(Cl)s4)c(OCOC)c3)c(=O)c2cc1F. The van der Waals surface area contributed by atoms with Crippen LogP contribution in [0.5, 0.6) is 5.75 Å². The van der Waals surface area contributed by atoms with E-state index in [4.69, 9.17) is 21.1 Å². The number of thiophene rings is 1. The number of anilines is 2. The summed E-state index contributed by atoms with van der Waals surface area (Å²) >= 11 is 6.58. The lowest BCUT2D eigenvalue weighted by atomic mass is 10.1. The Kier molecular flexibility index (Phi) is 7.68. The minimum absolute atomic E-state index is 0.0924. The Bertz CT molecular complexity index is 1650. The number of hydrogen-bond acceptors (Lipinski definition) is 8. The number of sulfonamides is 1. The van der Waals surface area contributed by atoms with Gasteiger partial charge in [0.1, 0.15) is 15.8 Å². The lowest BCUT2D eigenvalue weighted by Gasteiger charge is -2.15. The van der Waals surface area contributed by atoms with Gasteiger partial charge in [0.2, 0.25) is 0 Å². The highest BCUT2D eigenvalue weighted by Gasteiger charge is 2.21. The summed E-state index contributed by atoms with van der Waals surface area (Å²) in [5.41, 5.74) is 0.243. The van der Waals surface area contributed by atoms with Crippen LogP contribution in [0.2, 0.25) is 4.34 Å². The van der Waals surface area contributed by atoms with Gasteiger partial charge in [-0.15, -0.1) is 11.3 Å². The molecule has 0 aliphatic rings. The number of carbonyl (C=O) groups excluding carboxylic acids is 1. The van der Waals surface area contributed by atoms with Crippen molar-refractivity contribution in [2.75, 3.05) is 31.6 Å². The Balaban J connectivity index is 1.65. The Labute approximate surface area is 219 Å². The van der Waals surface area contributed by atoms with Crippen molar-refractivity contribution in [1.29, 1.82) is 0 Å². The molecule has 2 aromatic carbocycles. The number of nitrogens with one attached hydrogen (secondary N) is 3. The third-order valence-electron chi connectivity index (χ3n) is 5.13. The molecule has 0 saturated carbocycles. The quantitative estimate of drug-likeness (QED) is 0.270. The Morgan fingerprint density at radius 1 is 1.14 bits per heavy atom. The Morgan fingerprint density at radius 2 is 1.92 bits per heavy atom. The third kappa shape index (κ3) is 5.69. The van der Waals surface area contributed by atoms with Gasteiger partial charge in [-0.2, -0.15) is 0 Å². The minimum atomic E-state index is -4.15. The topological polar surface area (TPSA) is 128 Å². The number of nitrogens with zero attached hydrogens (tertiary/aromatic N) is 1. The predicted molar refractivity (Wildman–Crippen MR) is 140 cm³/mol. The van der Waals surface area contributed by atoms with Gasteiger partial charge in [0, 0.05) is 26.4 Å². The van der Waals surface area contributed by atoms with Crippen LogP contribution in [0.4, 0.5) is 20.6 Å². The van der Waals surface area contributed by atoms with Gasteiger partial charge >= 0.3 is 6.03 Å². The van der Waals surface area contributed by atoms with Gasteiger partial charge in [0.15, 0.2) is 6.79 Å². The Hall–Kier alpha value is -3.65. The summed E-state index contributed by atoms with van der Waals surface area (Å²) in [7, 11) is -1.18. The van der Waals surface area contributed by atoms with E-state index in [-0.39, 0.29) is 37.8 Å². The van der Waals surface area contributed by atoms with E-state index < -0.39 is 27.4 Å². The molecule has 194 valence electrons. The number of urea groups is 1. The van der Waals surface area contributed by atoms with E-state index in [2.05, 4.69) is 10.6 Å². The van der Waals surface area contributed by atoms with Gasteiger partial charge in [-0.1, -0.05) is 11.6 Å². The maximum absolute atomic E-state index is 14.3. The van der Waals surface area contributed by atoms with E-state index in [9.17, 15) is 22.4 Å². The number of fused-ring (bicyclic) bond motifs is 1. The molecule has 4 aromatic rings. The molecule has 4 rings (SSSR count). The zero-order chi connectivity index (χ0) is 26.7. The summed E-state index contributed by atoms with van der Waals surface area (Å²) < 4.78 is 52.9. The van der Waals surface area contributed by atoms with Crippen LogP contribution >= 0.6 is 22.9 Å². The second kappa shape index (κ2) is 10.8. The van der Waals surface area contributed by atoms with Crippen LogP contribution in [-0.4, -0.2) is 40.0 Å². The van der Waals surface area contributed by atoms with Crippen molar-refractivity contribution in [2.45, 2.75) is 4.21 Å². The van der Waals surface area contributed by atoms with E-state index in [1.807, 2.05) is 4.72 Å². The fraction of sp³-hybridized carbons (Fsp3) is 0.130. The molecular weight excluding hydrogens is 547 g/mol. The Morgan fingerprint density at radius 3 is 2.59 bits per heavy atom. The second-order valence-electron chi connectivity index (χ2n) is 7.51. The number of amides is 2. The van der Waals surface area contributed by atoms with Crippen LogP contribution in [0.15, 0.2) is 63.7 Å². The van der Waals surface area contributed by atoms with E-state index in [0.717, 1.165) is 17.4 Å². The fourth-order valence-corrected chi connectivity index (χ4v) is 5.82. The highest BCUT2D eigenvalue weighted by molar-refractivity contribution is 7.92. The summed E-state index contributed by atoms with van der Waals surface area (Å²) in [6.07, 6.45) is 1.52. The van der Waals surface area contributed by atoms with Crippen molar-refractivity contribution in [3.05, 3.63) is 75.2 Å². The zero-order valence-corrected chi connectivity index (χ0v) is 21.8. The number of rotatable bonds is 8. The fourth-order valence-electron chi connectivity index (χ4n) is 3.43. The summed E-state index contributed by atoms with van der Waals surface area (Å²) in [4.78, 5) is 25.6. The summed E-state index contributed by atoms with van der Waals surface area (Å²) in [5, 5.41) is 5.86. The number of hydrogen-bond donors (Lipinski definition) is 3. The number of halogens is 2. The largest absolute Gasteiger partial charge is 0.465 e. The number of benzene rings is 2. The summed E-state index contributed by atoms with van der Waals surface area (Å²) in [6.45, 7) is -0.198. The first-order valence-electron chi connectivity index (χ1n) is 10.5. The molecule has 14 heteroatoms. The molecule has 37 heavy (non-hydrogen) atoms. The lowest BCUT2D eigenvalue weighted by Crippen LogP contribution is -2.34. The zero-order valence-electron chi connectivity index (χ0n) is 19.4. The van der Waals surface area contributed by atoms with Gasteiger partial charge in [-0.3, -0.25) is 9.36 Å².